The van der Waals surface area contributed by atoms with Crippen LogP contribution in [0.2, 0.25) is 0 Å². The summed E-state index contributed by atoms with van der Waals surface area (Å²) >= 11 is 0. The van der Waals surface area contributed by atoms with Crippen molar-refractivity contribution in [3.8, 4) is 17.0 Å². The van der Waals surface area contributed by atoms with Gasteiger partial charge in [0.15, 0.2) is 0 Å². The van der Waals surface area contributed by atoms with Gasteiger partial charge < -0.3 is 18.9 Å². The number of hydrogen-bond acceptors (Lipinski definition) is 6. The van der Waals surface area contributed by atoms with Gasteiger partial charge in [0.1, 0.15) is 5.75 Å². The van der Waals surface area contributed by atoms with Crippen molar-refractivity contribution in [2.45, 2.75) is 119 Å². The Labute approximate surface area is 288 Å². The van der Waals surface area contributed by atoms with E-state index in [0.29, 0.717) is 44.1 Å². The molecule has 0 spiro atoms. The second-order valence-electron chi connectivity index (χ2n) is 15.7. The summed E-state index contributed by atoms with van der Waals surface area (Å²) in [6.45, 7) is 1.71. The number of sulfonamides is 1. The van der Waals surface area contributed by atoms with Gasteiger partial charge in [-0.25, -0.2) is 13.1 Å². The van der Waals surface area contributed by atoms with Crippen LogP contribution >= 0.6 is 0 Å². The number of hydrogen-bond donors (Lipinski definition) is 1. The van der Waals surface area contributed by atoms with E-state index in [1.807, 2.05) is 18.2 Å². The number of aromatic nitrogens is 1. The summed E-state index contributed by atoms with van der Waals surface area (Å²) in [6, 6.07) is 12.3. The molecule has 3 aliphatic heterocycles. The smallest absolute Gasteiger partial charge is 0.264 e. The van der Waals surface area contributed by atoms with Crippen LogP contribution in [0, 0.1) is 5.41 Å². The summed E-state index contributed by atoms with van der Waals surface area (Å²) in [6.07, 6.45) is 12.5. The highest BCUT2D eigenvalue weighted by Crippen LogP contribution is 2.66. The topological polar surface area (TPSA) is 107 Å². The van der Waals surface area contributed by atoms with E-state index in [1.54, 1.807) is 13.2 Å². The van der Waals surface area contributed by atoms with Gasteiger partial charge in [-0.15, -0.1) is 0 Å². The molecule has 9 rings (SSSR count). The normalized spacial score (nSPS) is 28.3. The summed E-state index contributed by atoms with van der Waals surface area (Å²) < 4.78 is 42.8. The van der Waals surface area contributed by atoms with Crippen molar-refractivity contribution in [3.63, 3.8) is 0 Å². The first-order chi connectivity index (χ1) is 23.8. The van der Waals surface area contributed by atoms with Crippen LogP contribution in [0.1, 0.15) is 117 Å². The lowest BCUT2D eigenvalue weighted by Gasteiger charge is -2.47. The number of amides is 2. The zero-order chi connectivity index (χ0) is 33.5. The molecular weight excluding hydrogens is 639 g/mol. The highest BCUT2D eigenvalue weighted by molar-refractivity contribution is 7.90. The Morgan fingerprint density at radius 3 is 2.37 bits per heavy atom. The summed E-state index contributed by atoms with van der Waals surface area (Å²) in [5.41, 5.74) is 5.40. The molecule has 260 valence electrons. The summed E-state index contributed by atoms with van der Waals surface area (Å²) in [4.78, 5) is 30.9. The van der Waals surface area contributed by atoms with Crippen LogP contribution in [0.4, 0.5) is 0 Å². The molecule has 3 aliphatic carbocycles. The first-order valence-corrected chi connectivity index (χ1v) is 20.1. The molecule has 49 heavy (non-hydrogen) atoms. The average molecular weight is 686 g/mol. The lowest BCUT2D eigenvalue weighted by Crippen LogP contribution is -2.59. The van der Waals surface area contributed by atoms with Gasteiger partial charge in [-0.2, -0.15) is 0 Å². The standard InChI is InChI=1S/C39H47N3O6S/c1-47-28-15-17-30-32(19-28)33-20-39(33,38(44)42-26-10-7-11-27(42)22-48-21-26)23-41-34-18-25(37(43)40-49(45,46)29-12-5-6-13-29)14-16-31(34)35(36(30)41)24-8-3-2-4-9-24/h14-19,24,26-27,29,33H,2-13,20-23H2,1H3,(H,40,43)/t26-,27?,33?,39?/m0/s1. The van der Waals surface area contributed by atoms with Crippen molar-refractivity contribution >= 4 is 32.7 Å². The minimum Gasteiger partial charge on any atom is -0.497 e. The molecule has 3 unspecified atom stereocenters. The van der Waals surface area contributed by atoms with Crippen molar-refractivity contribution in [2.75, 3.05) is 20.3 Å². The highest BCUT2D eigenvalue weighted by atomic mass is 32.2. The molecular formula is C39H47N3O6S. The maximum atomic E-state index is 15.1. The Bertz CT molecular complexity index is 1920. The molecule has 2 aromatic carbocycles. The minimum absolute atomic E-state index is 0.0610. The third-order valence-corrected chi connectivity index (χ3v) is 14.7. The maximum absolute atomic E-state index is 15.1. The van der Waals surface area contributed by atoms with Gasteiger partial charge in [-0.1, -0.05) is 38.2 Å². The number of benzene rings is 2. The van der Waals surface area contributed by atoms with Crippen LogP contribution in [0.3, 0.4) is 0 Å². The first-order valence-electron chi connectivity index (χ1n) is 18.6. The number of carbonyl (C=O) groups excluding carboxylic acids is 2. The second kappa shape index (κ2) is 11.9. The zero-order valence-corrected chi connectivity index (χ0v) is 29.2. The minimum atomic E-state index is -3.76. The number of carbonyl (C=O) groups is 2. The molecule has 4 atom stereocenters. The average Bonchev–Trinajstić information content (AvgIpc) is 3.42. The molecule has 4 heterocycles. The van der Waals surface area contributed by atoms with Gasteiger partial charge >= 0.3 is 0 Å². The molecule has 5 fully saturated rings. The lowest BCUT2D eigenvalue weighted by atomic mass is 9.81. The second-order valence-corrected chi connectivity index (χ2v) is 17.6. The van der Waals surface area contributed by atoms with E-state index in [4.69, 9.17) is 9.47 Å². The lowest BCUT2D eigenvalue weighted by molar-refractivity contribution is -0.157. The monoisotopic (exact) mass is 685 g/mol. The predicted molar refractivity (Wildman–Crippen MR) is 187 cm³/mol. The Kier molecular flexibility index (Phi) is 7.65. The number of piperidine rings is 1. The van der Waals surface area contributed by atoms with Gasteiger partial charge in [-0.3, -0.25) is 9.59 Å². The number of fused-ring (bicyclic) bond motifs is 9. The molecule has 9 nitrogen and oxygen atoms in total. The number of nitrogens with zero attached hydrogens (tertiary/aromatic N) is 2. The van der Waals surface area contributed by atoms with Crippen molar-refractivity contribution < 1.29 is 27.5 Å². The Hall–Kier alpha value is -3.37. The summed E-state index contributed by atoms with van der Waals surface area (Å²) in [7, 11) is -2.07. The molecule has 1 aromatic heterocycles. The number of morpholine rings is 1. The third kappa shape index (κ3) is 5.06. The van der Waals surface area contributed by atoms with Crippen LogP contribution < -0.4 is 9.46 Å². The molecule has 2 bridgehead atoms. The van der Waals surface area contributed by atoms with E-state index < -0.39 is 26.6 Å². The van der Waals surface area contributed by atoms with E-state index >= 15 is 4.79 Å². The predicted octanol–water partition coefficient (Wildman–Crippen LogP) is 6.63. The molecule has 2 amide bonds. The zero-order valence-electron chi connectivity index (χ0n) is 28.4. The van der Waals surface area contributed by atoms with Crippen molar-refractivity contribution in [2.24, 2.45) is 5.41 Å². The van der Waals surface area contributed by atoms with E-state index in [9.17, 15) is 13.2 Å². The van der Waals surface area contributed by atoms with Crippen LogP contribution in [0.15, 0.2) is 36.4 Å². The largest absolute Gasteiger partial charge is 0.497 e. The fraction of sp³-hybridized carbons (Fsp3) is 0.590. The number of ether oxygens (including phenoxy) is 2. The fourth-order valence-corrected chi connectivity index (χ4v) is 11.8. The van der Waals surface area contributed by atoms with Crippen molar-refractivity contribution in [1.29, 1.82) is 0 Å². The van der Waals surface area contributed by atoms with Gasteiger partial charge in [0.25, 0.3) is 5.91 Å². The SMILES string of the molecule is COc1ccc2c(c1)C1CC1(C(=O)N1C3CCC[C@H]1COC3)Cn1c-2c(C2CCCCC2)c2ccc(C(=O)NS(=O)(=O)C3CCCC3)cc21. The van der Waals surface area contributed by atoms with Gasteiger partial charge in [-0.05, 0) is 98.7 Å². The first kappa shape index (κ1) is 31.6. The Morgan fingerprint density at radius 1 is 0.898 bits per heavy atom. The number of rotatable bonds is 6. The van der Waals surface area contributed by atoms with Gasteiger partial charge in [0, 0.05) is 34.5 Å². The Balaban J connectivity index is 1.21. The van der Waals surface area contributed by atoms with E-state index in [1.165, 1.54) is 30.4 Å². The fourth-order valence-electron chi connectivity index (χ4n) is 10.3. The number of methoxy groups -OCH3 is 1. The molecule has 1 N–H and O–H groups in total. The third-order valence-electron chi connectivity index (χ3n) is 12.9. The Morgan fingerprint density at radius 2 is 1.63 bits per heavy atom. The van der Waals surface area contributed by atoms with E-state index in [-0.39, 0.29) is 23.9 Å². The van der Waals surface area contributed by atoms with Crippen LogP contribution in [0.5, 0.6) is 5.75 Å². The van der Waals surface area contributed by atoms with Gasteiger partial charge in [0.2, 0.25) is 15.9 Å². The van der Waals surface area contributed by atoms with Gasteiger partial charge in [0.05, 0.1) is 48.8 Å². The molecule has 6 aliphatic rings. The number of nitrogens with one attached hydrogen (secondary N) is 1. The summed E-state index contributed by atoms with van der Waals surface area (Å²) in [5.74, 6) is 0.866. The van der Waals surface area contributed by atoms with Crippen LogP contribution in [-0.2, 0) is 26.1 Å². The van der Waals surface area contributed by atoms with Crippen LogP contribution in [-0.4, -0.2) is 67.4 Å². The van der Waals surface area contributed by atoms with E-state index in [0.717, 1.165) is 79.3 Å². The highest BCUT2D eigenvalue weighted by Gasteiger charge is 2.65. The van der Waals surface area contributed by atoms with E-state index in [2.05, 4.69) is 26.3 Å². The summed E-state index contributed by atoms with van der Waals surface area (Å²) in [5, 5.41) is 0.581. The molecule has 2 saturated heterocycles. The van der Waals surface area contributed by atoms with Crippen molar-refractivity contribution in [3.05, 3.63) is 53.1 Å². The molecule has 0 radical (unpaired) electrons. The molecule has 3 aromatic rings. The maximum Gasteiger partial charge on any atom is 0.264 e. The van der Waals surface area contributed by atoms with Crippen molar-refractivity contribution in [1.82, 2.24) is 14.2 Å². The quantitative estimate of drug-likeness (QED) is 0.312. The van der Waals surface area contributed by atoms with Crippen LogP contribution in [0.25, 0.3) is 22.2 Å². The molecule has 10 heteroatoms. The molecule has 3 saturated carbocycles.